The highest BCUT2D eigenvalue weighted by atomic mass is 19.4. The van der Waals surface area contributed by atoms with Gasteiger partial charge in [-0.25, -0.2) is 9.59 Å². The SMILES string of the molecule is Cc1cc(C(=O)NC2CCN(CC(F)(F)F)CC2)ccc1-c1ccc(C[C@H](NC(=O)C2CCC(CNC(=O)OC(C)(C)C)CC2)C(=O)Nc2ccc(-c3nn[nH]n3)cc2)cc1.O=C(O)C(F)(F)F. The van der Waals surface area contributed by atoms with Crippen LogP contribution in [0.25, 0.3) is 22.5 Å². The number of aromatic nitrogens is 4. The van der Waals surface area contributed by atoms with Crippen molar-refractivity contribution >= 4 is 35.5 Å². The van der Waals surface area contributed by atoms with Crippen LogP contribution in [0.1, 0.15) is 80.8 Å². The van der Waals surface area contributed by atoms with Gasteiger partial charge in [0.05, 0.1) is 6.54 Å². The topological polar surface area (TPSA) is 221 Å². The van der Waals surface area contributed by atoms with Gasteiger partial charge in [0, 0.05) is 54.8 Å². The van der Waals surface area contributed by atoms with E-state index in [1.54, 1.807) is 36.4 Å². The molecule has 2 fully saturated rings. The Bertz CT molecular complexity index is 2320. The van der Waals surface area contributed by atoms with Crippen molar-refractivity contribution in [2.45, 2.75) is 103 Å². The normalized spacial score (nSPS) is 17.4. The van der Waals surface area contributed by atoms with Crippen molar-refractivity contribution in [1.29, 1.82) is 0 Å². The number of piperidine rings is 1. The summed E-state index contributed by atoms with van der Waals surface area (Å²) in [5, 5.41) is 32.9. The number of amides is 4. The van der Waals surface area contributed by atoms with Gasteiger partial charge in [0.25, 0.3) is 5.91 Å². The monoisotopic (exact) mass is 959 g/mol. The predicted molar refractivity (Wildman–Crippen MR) is 237 cm³/mol. The fraction of sp³-hybridized carbons (Fsp3) is 0.478. The van der Waals surface area contributed by atoms with Crippen molar-refractivity contribution in [2.75, 3.05) is 31.5 Å². The van der Waals surface area contributed by atoms with E-state index in [4.69, 9.17) is 14.6 Å². The van der Waals surface area contributed by atoms with E-state index in [9.17, 15) is 45.5 Å². The number of aromatic amines is 1. The number of halogens is 6. The molecule has 2 heterocycles. The number of aliphatic carboxylic acids is 1. The highest BCUT2D eigenvalue weighted by Gasteiger charge is 2.38. The first kappa shape index (κ1) is 52.4. The highest BCUT2D eigenvalue weighted by molar-refractivity contribution is 5.98. The number of carbonyl (C=O) groups excluding carboxylic acids is 4. The minimum Gasteiger partial charge on any atom is -0.475 e. The van der Waals surface area contributed by atoms with Crippen molar-refractivity contribution in [2.24, 2.45) is 11.8 Å². The molecule has 368 valence electrons. The van der Waals surface area contributed by atoms with Gasteiger partial charge in [0.1, 0.15) is 11.6 Å². The van der Waals surface area contributed by atoms with E-state index in [2.05, 4.69) is 41.9 Å². The Morgan fingerprint density at radius 3 is 2.01 bits per heavy atom. The van der Waals surface area contributed by atoms with Crippen LogP contribution in [0.15, 0.2) is 66.7 Å². The second kappa shape index (κ2) is 22.9. The number of hydrogen-bond donors (Lipinski definition) is 6. The lowest BCUT2D eigenvalue weighted by Gasteiger charge is -2.32. The van der Waals surface area contributed by atoms with E-state index in [-0.39, 0.29) is 55.1 Å². The molecule has 1 aliphatic carbocycles. The number of likely N-dealkylation sites (tertiary alicyclic amines) is 1. The molecule has 1 saturated carbocycles. The smallest absolute Gasteiger partial charge is 0.475 e. The summed E-state index contributed by atoms with van der Waals surface area (Å²) in [5.74, 6) is -3.26. The first-order valence-electron chi connectivity index (χ1n) is 21.9. The molecule has 1 aliphatic heterocycles. The number of nitrogens with one attached hydrogen (secondary N) is 5. The number of H-pyrrole nitrogens is 1. The van der Waals surface area contributed by atoms with Gasteiger partial charge in [-0.2, -0.15) is 31.6 Å². The van der Waals surface area contributed by atoms with Gasteiger partial charge in [-0.1, -0.05) is 30.3 Å². The maximum absolute atomic E-state index is 13.9. The lowest BCUT2D eigenvalue weighted by molar-refractivity contribution is -0.192. The van der Waals surface area contributed by atoms with Crippen LogP contribution in [-0.4, -0.2) is 117 Å². The van der Waals surface area contributed by atoms with Gasteiger partial charge in [-0.15, -0.1) is 10.2 Å². The Morgan fingerprint density at radius 1 is 0.853 bits per heavy atom. The van der Waals surface area contributed by atoms with E-state index in [1.165, 1.54) is 4.90 Å². The van der Waals surface area contributed by atoms with Crippen LogP contribution in [0.4, 0.5) is 36.8 Å². The molecule has 1 aromatic heterocycles. The summed E-state index contributed by atoms with van der Waals surface area (Å²) in [4.78, 5) is 63.1. The molecular formula is C46H55F6N9O7. The maximum Gasteiger partial charge on any atom is 0.490 e. The third kappa shape index (κ3) is 16.6. The minimum absolute atomic E-state index is 0.196. The summed E-state index contributed by atoms with van der Waals surface area (Å²) < 4.78 is 75.4. The number of nitrogens with zero attached hydrogens (tertiary/aromatic N) is 4. The zero-order valence-corrected chi connectivity index (χ0v) is 37.9. The molecule has 16 nitrogen and oxygen atoms in total. The van der Waals surface area contributed by atoms with Gasteiger partial charge in [0.2, 0.25) is 17.6 Å². The quantitative estimate of drug-likeness (QED) is 0.0734. The van der Waals surface area contributed by atoms with E-state index >= 15 is 0 Å². The Labute approximate surface area is 388 Å². The lowest BCUT2D eigenvalue weighted by atomic mass is 9.81. The fourth-order valence-electron chi connectivity index (χ4n) is 7.83. The number of carboxylic acid groups (broad SMARTS) is 1. The van der Waals surface area contributed by atoms with Crippen LogP contribution in [0.3, 0.4) is 0 Å². The number of aryl methyl sites for hydroxylation is 1. The van der Waals surface area contributed by atoms with Crippen LogP contribution < -0.4 is 21.3 Å². The number of carboxylic acids is 1. The first-order chi connectivity index (χ1) is 31.9. The number of ether oxygens (including phenoxy) is 1. The van der Waals surface area contributed by atoms with Crippen LogP contribution in [0.5, 0.6) is 0 Å². The molecule has 2 aliphatic rings. The summed E-state index contributed by atoms with van der Waals surface area (Å²) in [6, 6.07) is 19.0. The largest absolute Gasteiger partial charge is 0.490 e. The summed E-state index contributed by atoms with van der Waals surface area (Å²) >= 11 is 0. The Kier molecular flexibility index (Phi) is 17.7. The van der Waals surface area contributed by atoms with E-state index in [0.717, 1.165) is 35.1 Å². The third-order valence-electron chi connectivity index (χ3n) is 11.3. The molecule has 6 rings (SSSR count). The third-order valence-corrected chi connectivity index (χ3v) is 11.3. The number of carbonyl (C=O) groups is 5. The van der Waals surface area contributed by atoms with Crippen LogP contribution >= 0.6 is 0 Å². The molecule has 1 atom stereocenters. The average molecular weight is 960 g/mol. The number of rotatable bonds is 13. The average Bonchev–Trinajstić information content (AvgIpc) is 3.81. The minimum atomic E-state index is -5.08. The highest BCUT2D eigenvalue weighted by Crippen LogP contribution is 2.30. The number of hydrogen-bond acceptors (Lipinski definition) is 10. The number of alkyl halides is 6. The van der Waals surface area contributed by atoms with Crippen LogP contribution in [-0.2, 0) is 25.5 Å². The van der Waals surface area contributed by atoms with E-state index in [1.807, 2.05) is 58.0 Å². The molecule has 4 aromatic rings. The van der Waals surface area contributed by atoms with Crippen LogP contribution in [0, 0.1) is 18.8 Å². The molecular weight excluding hydrogens is 905 g/mol. The van der Waals surface area contributed by atoms with Crippen molar-refractivity contribution in [3.63, 3.8) is 0 Å². The molecule has 1 saturated heterocycles. The Hall–Kier alpha value is -6.58. The number of anilines is 1. The molecule has 68 heavy (non-hydrogen) atoms. The summed E-state index contributed by atoms with van der Waals surface area (Å²) in [6.45, 7) is 7.40. The zero-order valence-electron chi connectivity index (χ0n) is 37.9. The van der Waals surface area contributed by atoms with Gasteiger partial charge in [-0.3, -0.25) is 19.3 Å². The zero-order chi connectivity index (χ0) is 49.8. The second-order valence-electron chi connectivity index (χ2n) is 17.8. The summed E-state index contributed by atoms with van der Waals surface area (Å²) in [6.07, 6.45) is -5.93. The first-order valence-corrected chi connectivity index (χ1v) is 21.9. The van der Waals surface area contributed by atoms with Crippen molar-refractivity contribution in [3.05, 3.63) is 83.4 Å². The molecule has 6 N–H and O–H groups in total. The van der Waals surface area contributed by atoms with Crippen molar-refractivity contribution in [1.82, 2.24) is 41.5 Å². The number of benzene rings is 3. The maximum atomic E-state index is 13.9. The molecule has 22 heteroatoms. The number of tetrazole rings is 1. The van der Waals surface area contributed by atoms with Gasteiger partial charge < -0.3 is 31.1 Å². The van der Waals surface area contributed by atoms with Crippen molar-refractivity contribution in [3.8, 4) is 22.5 Å². The fourth-order valence-corrected chi connectivity index (χ4v) is 7.83. The van der Waals surface area contributed by atoms with Crippen LogP contribution in [0.2, 0.25) is 0 Å². The molecule has 0 bridgehead atoms. The van der Waals surface area contributed by atoms with E-state index < -0.39 is 42.6 Å². The molecule has 0 radical (unpaired) electrons. The molecule has 4 amide bonds. The van der Waals surface area contributed by atoms with Gasteiger partial charge >= 0.3 is 24.4 Å². The van der Waals surface area contributed by atoms with Gasteiger partial charge in [0.15, 0.2) is 0 Å². The van der Waals surface area contributed by atoms with E-state index in [0.29, 0.717) is 54.9 Å². The summed E-state index contributed by atoms with van der Waals surface area (Å²) in [5.41, 5.74) is 4.62. The Balaban J connectivity index is 0.00000114. The lowest BCUT2D eigenvalue weighted by Crippen LogP contribution is -2.48. The van der Waals surface area contributed by atoms with Crippen molar-refractivity contribution < 1.29 is 60.2 Å². The molecule has 3 aromatic carbocycles. The predicted octanol–water partition coefficient (Wildman–Crippen LogP) is 7.23. The summed E-state index contributed by atoms with van der Waals surface area (Å²) in [7, 11) is 0. The molecule has 0 spiro atoms. The van der Waals surface area contributed by atoms with Gasteiger partial charge in [-0.05, 0) is 136 Å². The standard InChI is InChI=1S/C44H54F3N9O5.C2HF3O2/c1-27-23-33(40(58)49-35-19-21-56(22-20-35)26-44(45,46)47)15-18-36(27)30-9-5-28(6-10-30)24-37(41(59)50-34-16-13-31(14-17-34)38-52-54-55-53-38)51-39(57)32-11-7-29(8-12-32)25-48-42(60)61-43(2,3)4;3-2(4,5)1(6)7/h5-6,9-10,13-18,23,29,32,35,37H,7-8,11-12,19-22,24-26H2,1-4H3,(H,48,60)(H,49,58)(H,50,59)(H,51,57)(H,52,53,54,55);(H,6,7)/t29?,32?,37-;/m0./s1. The Morgan fingerprint density at radius 2 is 1.47 bits per heavy atom. The number of alkyl carbamates (subject to hydrolysis) is 1. The second-order valence-corrected chi connectivity index (χ2v) is 17.8. The molecule has 0 unspecified atom stereocenters.